The van der Waals surface area contributed by atoms with Gasteiger partial charge in [-0.3, -0.25) is 9.78 Å². The topological polar surface area (TPSA) is 82.6 Å². The Morgan fingerprint density at radius 3 is 2.44 bits per heavy atom. The van der Waals surface area contributed by atoms with Crippen molar-refractivity contribution in [1.82, 2.24) is 15.3 Å². The highest BCUT2D eigenvalue weighted by atomic mass is 19.1. The summed E-state index contributed by atoms with van der Waals surface area (Å²) in [4.78, 5) is 19.4. The number of ether oxygens (including phenoxy) is 3. The van der Waals surface area contributed by atoms with Gasteiger partial charge in [0.1, 0.15) is 35.5 Å². The minimum absolute atomic E-state index is 0.0224. The van der Waals surface area contributed by atoms with E-state index < -0.39 is 11.6 Å². The van der Waals surface area contributed by atoms with E-state index in [2.05, 4.69) is 15.3 Å². The van der Waals surface area contributed by atoms with E-state index in [1.807, 2.05) is 6.07 Å². The molecule has 3 aromatic rings. The maximum absolute atomic E-state index is 14.6. The molecule has 2 aromatic carbocycles. The number of hydrogen-bond donors (Lipinski definition) is 1. The number of benzene rings is 2. The van der Waals surface area contributed by atoms with Crippen LogP contribution >= 0.6 is 0 Å². The zero-order valence-corrected chi connectivity index (χ0v) is 18.9. The van der Waals surface area contributed by atoms with Crippen molar-refractivity contribution in [2.24, 2.45) is 5.92 Å². The lowest BCUT2D eigenvalue weighted by atomic mass is 10.2. The summed E-state index contributed by atoms with van der Waals surface area (Å²) in [7, 11) is 0. The summed E-state index contributed by atoms with van der Waals surface area (Å²) in [6.07, 6.45) is 5.13. The molecule has 1 saturated carbocycles. The summed E-state index contributed by atoms with van der Waals surface area (Å²) in [6.45, 7) is 3.45. The summed E-state index contributed by atoms with van der Waals surface area (Å²) >= 11 is 0. The lowest BCUT2D eigenvalue weighted by molar-refractivity contribution is -0.119. The SMILES string of the molecule is CC(=O)NC(C)c1cnc(OCc2c(F)cc(Oc3cccc(OCC4CC4)c3)cc2F)cn1. The maximum Gasteiger partial charge on any atom is 0.232 e. The van der Waals surface area contributed by atoms with E-state index in [1.54, 1.807) is 25.1 Å². The molecule has 1 heterocycles. The van der Waals surface area contributed by atoms with Crippen molar-refractivity contribution < 1.29 is 27.8 Å². The predicted octanol–water partition coefficient (Wildman–Crippen LogP) is 5.11. The normalized spacial score (nSPS) is 13.8. The third-order valence-corrected chi connectivity index (χ3v) is 5.21. The van der Waals surface area contributed by atoms with Gasteiger partial charge in [-0.25, -0.2) is 13.8 Å². The van der Waals surface area contributed by atoms with Gasteiger partial charge in [0.05, 0.1) is 36.3 Å². The Bertz CT molecular complexity index is 1130. The van der Waals surface area contributed by atoms with Gasteiger partial charge in [0.15, 0.2) is 0 Å². The number of hydrogen-bond acceptors (Lipinski definition) is 6. The van der Waals surface area contributed by atoms with E-state index in [0.717, 1.165) is 12.1 Å². The van der Waals surface area contributed by atoms with E-state index >= 15 is 0 Å². The van der Waals surface area contributed by atoms with Crippen molar-refractivity contribution in [2.45, 2.75) is 39.3 Å². The summed E-state index contributed by atoms with van der Waals surface area (Å²) < 4.78 is 45.9. The van der Waals surface area contributed by atoms with Crippen LogP contribution in [0.4, 0.5) is 8.78 Å². The molecule has 1 amide bonds. The van der Waals surface area contributed by atoms with Crippen LogP contribution in [0.5, 0.6) is 23.1 Å². The highest BCUT2D eigenvalue weighted by Crippen LogP contribution is 2.31. The molecule has 1 aliphatic rings. The minimum atomic E-state index is -0.806. The lowest BCUT2D eigenvalue weighted by Gasteiger charge is -2.13. The second-order valence-corrected chi connectivity index (χ2v) is 8.19. The Hall–Kier alpha value is -3.75. The summed E-state index contributed by atoms with van der Waals surface area (Å²) in [6, 6.07) is 8.82. The predicted molar refractivity (Wildman–Crippen MR) is 120 cm³/mol. The number of rotatable bonds is 10. The number of aromatic nitrogens is 2. The Kier molecular flexibility index (Phi) is 7.20. The van der Waals surface area contributed by atoms with Crippen LogP contribution in [0.25, 0.3) is 0 Å². The monoisotopic (exact) mass is 469 g/mol. The maximum atomic E-state index is 14.6. The van der Waals surface area contributed by atoms with Crippen LogP contribution in [0, 0.1) is 17.6 Å². The number of nitrogens with zero attached hydrogens (tertiary/aromatic N) is 2. The van der Waals surface area contributed by atoms with E-state index in [1.165, 1.54) is 32.2 Å². The molecule has 0 saturated heterocycles. The third-order valence-electron chi connectivity index (χ3n) is 5.21. The van der Waals surface area contributed by atoms with Gasteiger partial charge < -0.3 is 19.5 Å². The average Bonchev–Trinajstić information content (AvgIpc) is 3.62. The molecule has 9 heteroatoms. The van der Waals surface area contributed by atoms with Gasteiger partial charge in [-0.2, -0.15) is 0 Å². The van der Waals surface area contributed by atoms with E-state index in [-0.39, 0.29) is 35.7 Å². The Balaban J connectivity index is 1.37. The van der Waals surface area contributed by atoms with Crippen molar-refractivity contribution >= 4 is 5.91 Å². The van der Waals surface area contributed by atoms with Gasteiger partial charge >= 0.3 is 0 Å². The smallest absolute Gasteiger partial charge is 0.232 e. The van der Waals surface area contributed by atoms with Crippen LogP contribution in [0.15, 0.2) is 48.8 Å². The van der Waals surface area contributed by atoms with Crippen LogP contribution in [-0.2, 0) is 11.4 Å². The largest absolute Gasteiger partial charge is 0.493 e. The highest BCUT2D eigenvalue weighted by molar-refractivity contribution is 5.73. The van der Waals surface area contributed by atoms with Gasteiger partial charge in [-0.05, 0) is 37.8 Å². The molecule has 178 valence electrons. The molecule has 0 bridgehead atoms. The van der Waals surface area contributed by atoms with Crippen LogP contribution < -0.4 is 19.5 Å². The molecule has 1 N–H and O–H groups in total. The molecule has 34 heavy (non-hydrogen) atoms. The first-order chi connectivity index (χ1) is 16.4. The number of nitrogens with one attached hydrogen (secondary N) is 1. The molecule has 0 aliphatic heterocycles. The summed E-state index contributed by atoms with van der Waals surface area (Å²) in [5.74, 6) is -0.00890. The average molecular weight is 469 g/mol. The second-order valence-electron chi connectivity index (χ2n) is 8.19. The van der Waals surface area contributed by atoms with Gasteiger partial charge in [-0.15, -0.1) is 0 Å². The number of amides is 1. The molecule has 1 aromatic heterocycles. The van der Waals surface area contributed by atoms with Crippen molar-refractivity contribution in [2.75, 3.05) is 6.61 Å². The Morgan fingerprint density at radius 2 is 1.79 bits per heavy atom. The summed E-state index contributed by atoms with van der Waals surface area (Å²) in [5.41, 5.74) is 0.273. The molecular formula is C25H25F2N3O4. The third kappa shape index (κ3) is 6.40. The molecule has 4 rings (SSSR count). The fourth-order valence-electron chi connectivity index (χ4n) is 3.19. The zero-order chi connectivity index (χ0) is 24.1. The van der Waals surface area contributed by atoms with E-state index in [4.69, 9.17) is 14.2 Å². The number of halogens is 2. The molecule has 1 aliphatic carbocycles. The number of carbonyl (C=O) groups excluding carboxylic acids is 1. The Labute approximate surface area is 196 Å². The van der Waals surface area contributed by atoms with E-state index in [9.17, 15) is 13.6 Å². The van der Waals surface area contributed by atoms with Crippen molar-refractivity contribution in [3.8, 4) is 23.1 Å². The number of carbonyl (C=O) groups is 1. The van der Waals surface area contributed by atoms with Crippen molar-refractivity contribution in [3.63, 3.8) is 0 Å². The highest BCUT2D eigenvalue weighted by Gasteiger charge is 2.22. The second kappa shape index (κ2) is 10.5. The fourth-order valence-corrected chi connectivity index (χ4v) is 3.19. The quantitative estimate of drug-likeness (QED) is 0.444. The van der Waals surface area contributed by atoms with Crippen molar-refractivity contribution in [3.05, 3.63) is 71.7 Å². The zero-order valence-electron chi connectivity index (χ0n) is 18.9. The van der Waals surface area contributed by atoms with Gasteiger partial charge in [0, 0.05) is 25.1 Å². The molecule has 1 atom stereocenters. The van der Waals surface area contributed by atoms with Gasteiger partial charge in [0.2, 0.25) is 11.8 Å². The van der Waals surface area contributed by atoms with Crippen molar-refractivity contribution in [1.29, 1.82) is 0 Å². The molecular weight excluding hydrogens is 444 g/mol. The minimum Gasteiger partial charge on any atom is -0.493 e. The van der Waals surface area contributed by atoms with Crippen LogP contribution in [0.3, 0.4) is 0 Å². The van der Waals surface area contributed by atoms with Crippen LogP contribution in [0.2, 0.25) is 0 Å². The first-order valence-corrected chi connectivity index (χ1v) is 11.0. The molecule has 0 spiro atoms. The molecule has 1 fully saturated rings. The van der Waals surface area contributed by atoms with Gasteiger partial charge in [0.25, 0.3) is 0 Å². The summed E-state index contributed by atoms with van der Waals surface area (Å²) in [5, 5.41) is 2.69. The fraction of sp³-hybridized carbons (Fsp3) is 0.320. The first-order valence-electron chi connectivity index (χ1n) is 11.0. The Morgan fingerprint density at radius 1 is 1.06 bits per heavy atom. The van der Waals surface area contributed by atoms with Crippen LogP contribution in [-0.4, -0.2) is 22.5 Å². The van der Waals surface area contributed by atoms with Crippen LogP contribution in [0.1, 0.15) is 44.0 Å². The standard InChI is InChI=1S/C25H25F2N3O4/c1-15(30-16(2)31)24-11-29-25(12-28-24)33-14-21-22(26)9-20(10-23(21)27)34-19-5-3-4-18(8-19)32-13-17-6-7-17/h3-5,8-12,15,17H,6-7,13-14H2,1-2H3,(H,30,31). The molecule has 7 nitrogen and oxygen atoms in total. The molecule has 1 unspecified atom stereocenters. The van der Waals surface area contributed by atoms with Gasteiger partial charge in [-0.1, -0.05) is 6.07 Å². The first kappa shape index (κ1) is 23.4. The van der Waals surface area contributed by atoms with E-state index in [0.29, 0.717) is 29.7 Å². The molecule has 0 radical (unpaired) electrons. The lowest BCUT2D eigenvalue weighted by Crippen LogP contribution is -2.24.